The number of hydrogen-bond donors (Lipinski definition) is 1. The van der Waals surface area contributed by atoms with Gasteiger partial charge in [0.05, 0.1) is 17.1 Å². The highest BCUT2D eigenvalue weighted by Gasteiger charge is 2.52. The first kappa shape index (κ1) is 8.55. The van der Waals surface area contributed by atoms with Gasteiger partial charge >= 0.3 is 0 Å². The normalized spacial score (nSPS) is 43.3. The van der Waals surface area contributed by atoms with Crippen LogP contribution < -0.4 is 0 Å². The van der Waals surface area contributed by atoms with E-state index in [0.29, 0.717) is 12.8 Å². The maximum absolute atomic E-state index is 9.80. The molecule has 0 aromatic rings. The van der Waals surface area contributed by atoms with E-state index in [9.17, 15) is 5.11 Å². The summed E-state index contributed by atoms with van der Waals surface area (Å²) in [5, 5.41) is 18.5. The van der Waals surface area contributed by atoms with Crippen LogP contribution in [0.25, 0.3) is 0 Å². The van der Waals surface area contributed by atoms with Crippen LogP contribution >= 0.6 is 0 Å². The van der Waals surface area contributed by atoms with Crippen molar-refractivity contribution in [3.05, 3.63) is 0 Å². The van der Waals surface area contributed by atoms with E-state index in [1.165, 1.54) is 0 Å². The quantitative estimate of drug-likeness (QED) is 0.623. The monoisotopic (exact) mass is 153 g/mol. The Morgan fingerprint density at radius 2 is 1.91 bits per heavy atom. The summed E-state index contributed by atoms with van der Waals surface area (Å²) in [4.78, 5) is 0. The van der Waals surface area contributed by atoms with Crippen molar-refractivity contribution in [1.29, 1.82) is 5.26 Å². The summed E-state index contributed by atoms with van der Waals surface area (Å²) in [5.74, 6) is 0.268. The van der Waals surface area contributed by atoms with Crippen molar-refractivity contribution in [3.63, 3.8) is 0 Å². The Balaban J connectivity index is 2.58. The Hall–Kier alpha value is -0.550. The van der Waals surface area contributed by atoms with Crippen molar-refractivity contribution in [2.45, 2.75) is 39.2 Å². The molecule has 0 spiro atoms. The highest BCUT2D eigenvalue weighted by Crippen LogP contribution is 2.51. The molecule has 1 aliphatic rings. The van der Waals surface area contributed by atoms with Crippen LogP contribution in [0.15, 0.2) is 0 Å². The zero-order valence-electron chi connectivity index (χ0n) is 7.39. The fourth-order valence-electron chi connectivity index (χ4n) is 1.79. The molecule has 0 aliphatic heterocycles. The van der Waals surface area contributed by atoms with Gasteiger partial charge in [0.15, 0.2) is 0 Å². The average Bonchev–Trinajstić information content (AvgIpc) is 1.84. The molecule has 1 rings (SSSR count). The van der Waals surface area contributed by atoms with E-state index in [-0.39, 0.29) is 11.3 Å². The molecule has 0 radical (unpaired) electrons. The zero-order valence-corrected chi connectivity index (χ0v) is 7.39. The third kappa shape index (κ3) is 1.25. The molecule has 1 aliphatic carbocycles. The second-order valence-electron chi connectivity index (χ2n) is 4.28. The first-order valence-electron chi connectivity index (χ1n) is 4.05. The van der Waals surface area contributed by atoms with Crippen molar-refractivity contribution < 1.29 is 5.11 Å². The average molecular weight is 153 g/mol. The van der Waals surface area contributed by atoms with Crippen LogP contribution in [0.3, 0.4) is 0 Å². The van der Waals surface area contributed by atoms with Crippen LogP contribution in [0.2, 0.25) is 0 Å². The van der Waals surface area contributed by atoms with Gasteiger partial charge in [0, 0.05) is 0 Å². The molecular weight excluding hydrogens is 138 g/mol. The highest BCUT2D eigenvalue weighted by molar-refractivity contribution is 5.13. The van der Waals surface area contributed by atoms with Crippen LogP contribution in [-0.2, 0) is 0 Å². The lowest BCUT2D eigenvalue weighted by atomic mass is 9.57. The van der Waals surface area contributed by atoms with E-state index in [4.69, 9.17) is 5.26 Å². The van der Waals surface area contributed by atoms with Gasteiger partial charge in [-0.2, -0.15) is 5.26 Å². The van der Waals surface area contributed by atoms with Gasteiger partial charge in [-0.3, -0.25) is 0 Å². The smallest absolute Gasteiger partial charge is 0.0700 e. The summed E-state index contributed by atoms with van der Waals surface area (Å²) in [7, 11) is 0. The third-order valence-electron chi connectivity index (χ3n) is 2.74. The van der Waals surface area contributed by atoms with E-state index in [0.717, 1.165) is 0 Å². The van der Waals surface area contributed by atoms with Gasteiger partial charge in [0.2, 0.25) is 0 Å². The lowest BCUT2D eigenvalue weighted by Gasteiger charge is -2.50. The van der Waals surface area contributed by atoms with Crippen LogP contribution in [0, 0.1) is 22.7 Å². The second-order valence-corrected chi connectivity index (χ2v) is 4.28. The Bertz CT molecular complexity index is 196. The summed E-state index contributed by atoms with van der Waals surface area (Å²) in [6.45, 7) is 5.90. The predicted octanol–water partition coefficient (Wildman–Crippen LogP) is 1.70. The number of nitrogens with zero attached hydrogens (tertiary/aromatic N) is 1. The topological polar surface area (TPSA) is 44.0 Å². The minimum absolute atomic E-state index is 0.265. The van der Waals surface area contributed by atoms with Crippen molar-refractivity contribution in [2.24, 2.45) is 11.3 Å². The third-order valence-corrected chi connectivity index (χ3v) is 2.74. The van der Waals surface area contributed by atoms with Crippen LogP contribution in [-0.4, -0.2) is 10.7 Å². The molecule has 0 unspecified atom stereocenters. The molecule has 0 aromatic heterocycles. The van der Waals surface area contributed by atoms with Gasteiger partial charge in [0.25, 0.3) is 0 Å². The molecule has 0 saturated heterocycles. The number of aliphatic hydroxyl groups is 1. The summed E-state index contributed by atoms with van der Waals surface area (Å²) < 4.78 is 0. The number of hydrogen-bond acceptors (Lipinski definition) is 2. The Morgan fingerprint density at radius 3 is 2.18 bits per heavy atom. The van der Waals surface area contributed by atoms with Crippen molar-refractivity contribution in [2.75, 3.05) is 0 Å². The largest absolute Gasteiger partial charge is 0.390 e. The molecule has 0 heterocycles. The van der Waals surface area contributed by atoms with Gasteiger partial charge in [-0.1, -0.05) is 13.8 Å². The van der Waals surface area contributed by atoms with E-state index in [2.05, 4.69) is 6.07 Å². The molecule has 0 aromatic carbocycles. The molecule has 1 N–H and O–H groups in total. The molecule has 0 bridgehead atoms. The fraction of sp³-hybridized carbons (Fsp3) is 0.889. The van der Waals surface area contributed by atoms with Gasteiger partial charge in [-0.15, -0.1) is 0 Å². The molecule has 2 heteroatoms. The fourth-order valence-corrected chi connectivity index (χ4v) is 1.79. The summed E-state index contributed by atoms with van der Waals surface area (Å²) in [6, 6.07) is 2.23. The summed E-state index contributed by atoms with van der Waals surface area (Å²) in [6.07, 6.45) is 1.27. The van der Waals surface area contributed by atoms with Crippen molar-refractivity contribution in [1.82, 2.24) is 0 Å². The summed E-state index contributed by atoms with van der Waals surface area (Å²) in [5.41, 5.74) is -0.830. The van der Waals surface area contributed by atoms with Crippen LogP contribution in [0.5, 0.6) is 0 Å². The molecule has 2 nitrogen and oxygen atoms in total. The molecule has 1 fully saturated rings. The molecule has 1 saturated carbocycles. The predicted molar refractivity (Wildman–Crippen MR) is 42.7 cm³/mol. The molecule has 0 atom stereocenters. The molecule has 0 amide bonds. The zero-order chi connectivity index (χ0) is 8.70. The molecule has 62 valence electrons. The first-order valence-corrected chi connectivity index (χ1v) is 4.05. The van der Waals surface area contributed by atoms with Crippen LogP contribution in [0.1, 0.15) is 33.6 Å². The minimum Gasteiger partial charge on any atom is -0.390 e. The Morgan fingerprint density at radius 1 is 1.45 bits per heavy atom. The van der Waals surface area contributed by atoms with E-state index in [1.807, 2.05) is 20.8 Å². The lowest BCUT2D eigenvalue weighted by molar-refractivity contribution is -0.128. The lowest BCUT2D eigenvalue weighted by Crippen LogP contribution is -2.53. The number of nitriles is 1. The highest BCUT2D eigenvalue weighted by atomic mass is 16.3. The van der Waals surface area contributed by atoms with E-state index in [1.54, 1.807) is 0 Å². The van der Waals surface area contributed by atoms with E-state index < -0.39 is 5.60 Å². The first-order chi connectivity index (χ1) is 4.92. The maximum atomic E-state index is 9.80. The standard InChI is InChI=1S/C9H15NO/c1-7(2)9(11)4-8(3,5-9)6-10/h7,11H,4-5H2,1-3H3. The molecule has 11 heavy (non-hydrogen) atoms. The van der Waals surface area contributed by atoms with Crippen molar-refractivity contribution >= 4 is 0 Å². The van der Waals surface area contributed by atoms with Gasteiger partial charge in [-0.25, -0.2) is 0 Å². The minimum atomic E-state index is -0.565. The Kier molecular flexibility index (Phi) is 1.72. The van der Waals surface area contributed by atoms with Crippen LogP contribution in [0.4, 0.5) is 0 Å². The molecular formula is C9H15NO. The summed E-state index contributed by atoms with van der Waals surface area (Å²) >= 11 is 0. The SMILES string of the molecule is CC(C)C1(O)CC(C)(C#N)C1. The van der Waals surface area contributed by atoms with Gasteiger partial charge in [-0.05, 0) is 25.7 Å². The Labute approximate surface area is 67.8 Å². The van der Waals surface area contributed by atoms with Gasteiger partial charge in [0.1, 0.15) is 0 Å². The van der Waals surface area contributed by atoms with Crippen molar-refractivity contribution in [3.8, 4) is 6.07 Å². The number of rotatable bonds is 1. The van der Waals surface area contributed by atoms with Gasteiger partial charge < -0.3 is 5.11 Å². The maximum Gasteiger partial charge on any atom is 0.0700 e. The second kappa shape index (κ2) is 2.22. The van der Waals surface area contributed by atoms with E-state index >= 15 is 0 Å².